The number of hydrogen-bond donors (Lipinski definition) is 0. The first-order valence-corrected chi connectivity index (χ1v) is 11.3. The lowest BCUT2D eigenvalue weighted by Gasteiger charge is -2.10. The third kappa shape index (κ3) is 4.95. The molecule has 0 bridgehead atoms. The Morgan fingerprint density at radius 1 is 0.516 bits per heavy atom. The number of sulfone groups is 1. The van der Waals surface area contributed by atoms with E-state index in [0.29, 0.717) is 23.0 Å². The van der Waals surface area contributed by atoms with Crippen LogP contribution in [0.2, 0.25) is 0 Å². The summed E-state index contributed by atoms with van der Waals surface area (Å²) < 4.78 is 37.6. The lowest BCUT2D eigenvalue weighted by Crippen LogP contribution is -2.01. The van der Waals surface area contributed by atoms with Gasteiger partial charge in [0.05, 0.1) is 9.79 Å². The Kier molecular flexibility index (Phi) is 5.78. The van der Waals surface area contributed by atoms with Crippen LogP contribution in [0.3, 0.4) is 0 Å². The lowest BCUT2D eigenvalue weighted by molar-refractivity contribution is 0.481. The zero-order chi connectivity index (χ0) is 21.8. The molecule has 4 nitrogen and oxygen atoms in total. The second-order valence-corrected chi connectivity index (χ2v) is 9.23. The minimum Gasteiger partial charge on any atom is -0.457 e. The van der Waals surface area contributed by atoms with Crippen LogP contribution in [0.1, 0.15) is 11.1 Å². The maximum Gasteiger partial charge on any atom is 0.206 e. The molecule has 5 heteroatoms. The maximum atomic E-state index is 13.0. The van der Waals surface area contributed by atoms with Crippen molar-refractivity contribution >= 4 is 9.84 Å². The van der Waals surface area contributed by atoms with Crippen molar-refractivity contribution in [2.45, 2.75) is 23.6 Å². The summed E-state index contributed by atoms with van der Waals surface area (Å²) in [5.41, 5.74) is 2.18. The van der Waals surface area contributed by atoms with Gasteiger partial charge in [-0.2, -0.15) is 0 Å². The second kappa shape index (κ2) is 8.66. The third-order valence-corrected chi connectivity index (χ3v) is 6.50. The van der Waals surface area contributed by atoms with E-state index in [1.54, 1.807) is 48.5 Å². The largest absolute Gasteiger partial charge is 0.457 e. The van der Waals surface area contributed by atoms with Crippen LogP contribution >= 0.6 is 0 Å². The Morgan fingerprint density at radius 3 is 1.26 bits per heavy atom. The summed E-state index contributed by atoms with van der Waals surface area (Å²) in [6, 6.07) is 28.2. The van der Waals surface area contributed by atoms with Crippen molar-refractivity contribution in [3.05, 3.63) is 108 Å². The molecule has 4 aromatic carbocycles. The quantitative estimate of drug-likeness (QED) is 0.341. The van der Waals surface area contributed by atoms with Gasteiger partial charge in [0.2, 0.25) is 9.84 Å². The van der Waals surface area contributed by atoms with Gasteiger partial charge in [0.15, 0.2) is 0 Å². The molecule has 0 aliphatic rings. The van der Waals surface area contributed by atoms with Gasteiger partial charge in [0, 0.05) is 0 Å². The smallest absolute Gasteiger partial charge is 0.206 e. The van der Waals surface area contributed by atoms with Gasteiger partial charge in [-0.05, 0) is 97.8 Å². The maximum absolute atomic E-state index is 13.0. The monoisotopic (exact) mass is 430 g/mol. The van der Waals surface area contributed by atoms with E-state index in [1.165, 1.54) is 0 Å². The summed E-state index contributed by atoms with van der Waals surface area (Å²) in [4.78, 5) is 0.410. The molecule has 0 unspecified atom stereocenters. The van der Waals surface area contributed by atoms with Crippen LogP contribution in [0.25, 0.3) is 0 Å². The van der Waals surface area contributed by atoms with E-state index >= 15 is 0 Å². The Morgan fingerprint density at radius 2 is 0.903 bits per heavy atom. The first kappa shape index (κ1) is 20.7. The van der Waals surface area contributed by atoms with Gasteiger partial charge in [0.1, 0.15) is 23.0 Å². The molecule has 0 radical (unpaired) electrons. The van der Waals surface area contributed by atoms with Crippen molar-refractivity contribution in [1.82, 2.24) is 0 Å². The van der Waals surface area contributed by atoms with E-state index in [2.05, 4.69) is 0 Å². The molecule has 156 valence electrons. The summed E-state index contributed by atoms with van der Waals surface area (Å²) in [7, 11) is -3.64. The van der Waals surface area contributed by atoms with Gasteiger partial charge in [-0.3, -0.25) is 0 Å². The number of benzene rings is 4. The van der Waals surface area contributed by atoms with Gasteiger partial charge in [-0.15, -0.1) is 0 Å². The lowest BCUT2D eigenvalue weighted by atomic mass is 10.2. The number of hydrogen-bond acceptors (Lipinski definition) is 4. The van der Waals surface area contributed by atoms with Crippen LogP contribution in [0.5, 0.6) is 23.0 Å². The average Bonchev–Trinajstić information content (AvgIpc) is 2.75. The Balaban J connectivity index is 1.50. The standard InChI is InChI=1S/C26H22O4S/c1-19-5-3-7-23(17-19)29-21-9-13-25(14-10-21)31(27,28)26-15-11-22(12-16-26)30-24-8-4-6-20(2)18-24/h3-18H,1-2H3. The number of rotatable bonds is 6. The molecule has 0 saturated carbocycles. The summed E-state index contributed by atoms with van der Waals surface area (Å²) in [6.45, 7) is 3.97. The molecule has 0 atom stereocenters. The Labute approximate surface area is 182 Å². The van der Waals surface area contributed by atoms with E-state index < -0.39 is 9.84 Å². The van der Waals surface area contributed by atoms with Crippen LogP contribution in [-0.4, -0.2) is 8.42 Å². The molecule has 0 spiro atoms. The molecule has 0 amide bonds. The van der Waals surface area contributed by atoms with Gasteiger partial charge in [-0.25, -0.2) is 8.42 Å². The Bertz CT molecular complexity index is 1200. The zero-order valence-electron chi connectivity index (χ0n) is 17.3. The molecular weight excluding hydrogens is 408 g/mol. The molecule has 0 heterocycles. The van der Waals surface area contributed by atoms with Crippen LogP contribution in [0, 0.1) is 13.8 Å². The fraction of sp³-hybridized carbons (Fsp3) is 0.0769. The van der Waals surface area contributed by atoms with Crippen molar-refractivity contribution in [3.8, 4) is 23.0 Å². The van der Waals surface area contributed by atoms with Crippen molar-refractivity contribution in [3.63, 3.8) is 0 Å². The highest BCUT2D eigenvalue weighted by Crippen LogP contribution is 2.28. The molecule has 0 aromatic heterocycles. The SMILES string of the molecule is Cc1cccc(Oc2ccc(S(=O)(=O)c3ccc(Oc4cccc(C)c4)cc3)cc2)c1. The molecular formula is C26H22O4S. The molecule has 0 aliphatic carbocycles. The van der Waals surface area contributed by atoms with Crippen LogP contribution in [0.4, 0.5) is 0 Å². The fourth-order valence-corrected chi connectivity index (χ4v) is 4.40. The number of aryl methyl sites for hydroxylation is 2. The summed E-state index contributed by atoms with van der Waals surface area (Å²) >= 11 is 0. The fourth-order valence-electron chi connectivity index (χ4n) is 3.14. The zero-order valence-corrected chi connectivity index (χ0v) is 18.1. The first-order chi connectivity index (χ1) is 14.9. The van der Waals surface area contributed by atoms with Crippen molar-refractivity contribution in [2.24, 2.45) is 0 Å². The summed E-state index contributed by atoms with van der Waals surface area (Å²) in [6.07, 6.45) is 0. The van der Waals surface area contributed by atoms with Crippen molar-refractivity contribution in [1.29, 1.82) is 0 Å². The van der Waals surface area contributed by atoms with Crippen LogP contribution < -0.4 is 9.47 Å². The van der Waals surface area contributed by atoms with E-state index in [-0.39, 0.29) is 9.79 Å². The van der Waals surface area contributed by atoms with Crippen LogP contribution in [-0.2, 0) is 9.84 Å². The molecule has 0 aliphatic heterocycles. The Hall–Kier alpha value is -3.57. The molecule has 4 aromatic rings. The topological polar surface area (TPSA) is 52.6 Å². The summed E-state index contributed by atoms with van der Waals surface area (Å²) in [5.74, 6) is 2.57. The van der Waals surface area contributed by atoms with E-state index in [4.69, 9.17) is 9.47 Å². The molecule has 0 N–H and O–H groups in total. The predicted octanol–water partition coefficient (Wildman–Crippen LogP) is 6.72. The molecule has 0 saturated heterocycles. The minimum absolute atomic E-state index is 0.205. The van der Waals surface area contributed by atoms with E-state index in [0.717, 1.165) is 11.1 Å². The average molecular weight is 431 g/mol. The third-order valence-electron chi connectivity index (χ3n) is 4.72. The minimum atomic E-state index is -3.64. The van der Waals surface area contributed by atoms with E-state index in [1.807, 2.05) is 62.4 Å². The normalized spacial score (nSPS) is 11.2. The summed E-state index contributed by atoms with van der Waals surface area (Å²) in [5, 5.41) is 0. The van der Waals surface area contributed by atoms with Gasteiger partial charge >= 0.3 is 0 Å². The van der Waals surface area contributed by atoms with Crippen molar-refractivity contribution in [2.75, 3.05) is 0 Å². The predicted molar refractivity (Wildman–Crippen MR) is 121 cm³/mol. The molecule has 0 fully saturated rings. The molecule has 4 rings (SSSR count). The highest BCUT2D eigenvalue weighted by molar-refractivity contribution is 7.91. The van der Waals surface area contributed by atoms with Gasteiger partial charge in [-0.1, -0.05) is 24.3 Å². The highest BCUT2D eigenvalue weighted by Gasteiger charge is 2.18. The van der Waals surface area contributed by atoms with Gasteiger partial charge < -0.3 is 9.47 Å². The molecule has 31 heavy (non-hydrogen) atoms. The second-order valence-electron chi connectivity index (χ2n) is 7.28. The van der Waals surface area contributed by atoms with Crippen LogP contribution in [0.15, 0.2) is 107 Å². The first-order valence-electron chi connectivity index (χ1n) is 9.84. The number of ether oxygens (including phenoxy) is 2. The highest BCUT2D eigenvalue weighted by atomic mass is 32.2. The van der Waals surface area contributed by atoms with Gasteiger partial charge in [0.25, 0.3) is 0 Å². The van der Waals surface area contributed by atoms with E-state index in [9.17, 15) is 8.42 Å². The van der Waals surface area contributed by atoms with Crippen molar-refractivity contribution < 1.29 is 17.9 Å².